The zero-order valence-electron chi connectivity index (χ0n) is 8.02. The average molecular weight is 223 g/mol. The summed E-state index contributed by atoms with van der Waals surface area (Å²) in [7, 11) is 1.25. The van der Waals surface area contributed by atoms with Gasteiger partial charge in [-0.25, -0.2) is 4.79 Å². The number of benzene rings is 1. The first-order valence-corrected chi connectivity index (χ1v) is 4.54. The number of aliphatic hydroxyl groups is 1. The van der Waals surface area contributed by atoms with E-state index in [1.165, 1.54) is 19.2 Å². The molecule has 1 aromatic carbocycles. The van der Waals surface area contributed by atoms with Crippen molar-refractivity contribution in [2.24, 2.45) is 0 Å². The van der Waals surface area contributed by atoms with E-state index >= 15 is 0 Å². The number of nitrogens with zero attached hydrogens (tertiary/aromatic N) is 1. The highest BCUT2D eigenvalue weighted by Crippen LogP contribution is 2.21. The lowest BCUT2D eigenvalue weighted by atomic mass is 10.1. The van der Waals surface area contributed by atoms with E-state index in [4.69, 9.17) is 10.4 Å². The molecule has 0 unspecified atom stereocenters. The van der Waals surface area contributed by atoms with Gasteiger partial charge in [-0.2, -0.15) is 5.26 Å². The fraction of sp³-hybridized carbons (Fsp3) is 0.200. The van der Waals surface area contributed by atoms with E-state index in [0.717, 1.165) is 0 Å². The van der Waals surface area contributed by atoms with Gasteiger partial charge in [0.05, 0.1) is 24.8 Å². The summed E-state index contributed by atoms with van der Waals surface area (Å²) in [5.74, 6) is -0.547. The predicted octanol–water partition coefficient (Wildman–Crippen LogP) is 1.13. The maximum atomic E-state index is 11.2. The first-order chi connectivity index (χ1) is 7.13. The van der Waals surface area contributed by atoms with E-state index in [1.807, 2.05) is 6.07 Å². The lowest BCUT2D eigenvalue weighted by Gasteiger charge is -2.06. The first kappa shape index (κ1) is 11.6. The summed E-state index contributed by atoms with van der Waals surface area (Å²) in [4.78, 5) is 11.6. The summed E-state index contributed by atoms with van der Waals surface area (Å²) < 4.78 is 4.52. The molecule has 0 bridgehead atoms. The normalized spacial score (nSPS) is 9.47. The van der Waals surface area contributed by atoms with Crippen molar-refractivity contribution < 1.29 is 14.6 Å². The standard InChI is InChI=1S/C10H9NO3S/c1-14-10(13)6-2-7(4-11)9(15)8(3-6)5-12/h2-3,12,15H,5H2,1H3. The topological polar surface area (TPSA) is 70.3 Å². The van der Waals surface area contributed by atoms with Crippen LogP contribution in [0.4, 0.5) is 0 Å². The van der Waals surface area contributed by atoms with Crippen molar-refractivity contribution in [2.45, 2.75) is 11.5 Å². The SMILES string of the molecule is COC(=O)c1cc(C#N)c(S)c(CO)c1. The molecule has 0 radical (unpaired) electrons. The van der Waals surface area contributed by atoms with Crippen molar-refractivity contribution >= 4 is 18.6 Å². The molecule has 0 atom stereocenters. The number of esters is 1. The van der Waals surface area contributed by atoms with Gasteiger partial charge in [-0.05, 0) is 17.7 Å². The van der Waals surface area contributed by atoms with E-state index in [-0.39, 0.29) is 17.7 Å². The van der Waals surface area contributed by atoms with Gasteiger partial charge in [0, 0.05) is 4.90 Å². The lowest BCUT2D eigenvalue weighted by molar-refractivity contribution is 0.0600. The Labute approximate surface area is 92.5 Å². The van der Waals surface area contributed by atoms with Crippen LogP contribution in [0.1, 0.15) is 21.5 Å². The number of rotatable bonds is 2. The van der Waals surface area contributed by atoms with Crippen molar-refractivity contribution in [2.75, 3.05) is 7.11 Å². The molecule has 0 aliphatic rings. The third kappa shape index (κ3) is 2.29. The first-order valence-electron chi connectivity index (χ1n) is 4.09. The predicted molar refractivity (Wildman–Crippen MR) is 55.7 cm³/mol. The number of hydrogen-bond acceptors (Lipinski definition) is 5. The van der Waals surface area contributed by atoms with Gasteiger partial charge in [-0.15, -0.1) is 12.6 Å². The highest BCUT2D eigenvalue weighted by atomic mass is 32.1. The van der Waals surface area contributed by atoms with Crippen molar-refractivity contribution in [1.82, 2.24) is 0 Å². The molecule has 1 N–H and O–H groups in total. The molecule has 1 rings (SSSR count). The second kappa shape index (κ2) is 4.82. The zero-order valence-corrected chi connectivity index (χ0v) is 8.91. The second-order valence-corrected chi connectivity index (χ2v) is 3.24. The summed E-state index contributed by atoms with van der Waals surface area (Å²) in [6.45, 7) is -0.279. The van der Waals surface area contributed by atoms with Gasteiger partial charge in [0.1, 0.15) is 6.07 Å². The van der Waals surface area contributed by atoms with Gasteiger partial charge in [0.15, 0.2) is 0 Å². The molecular formula is C10H9NO3S. The van der Waals surface area contributed by atoms with Gasteiger partial charge in [-0.1, -0.05) is 0 Å². The van der Waals surface area contributed by atoms with Crippen molar-refractivity contribution in [3.63, 3.8) is 0 Å². The molecular weight excluding hydrogens is 214 g/mol. The van der Waals surface area contributed by atoms with Gasteiger partial charge in [-0.3, -0.25) is 0 Å². The zero-order chi connectivity index (χ0) is 11.4. The number of aliphatic hydroxyl groups excluding tert-OH is 1. The minimum absolute atomic E-state index is 0.232. The number of carbonyl (C=O) groups excluding carboxylic acids is 1. The molecule has 0 aliphatic heterocycles. The van der Waals surface area contributed by atoms with E-state index < -0.39 is 5.97 Å². The van der Waals surface area contributed by atoms with Crippen molar-refractivity contribution in [3.05, 3.63) is 28.8 Å². The van der Waals surface area contributed by atoms with Crippen LogP contribution in [0.15, 0.2) is 17.0 Å². The lowest BCUT2D eigenvalue weighted by Crippen LogP contribution is -2.04. The minimum Gasteiger partial charge on any atom is -0.465 e. The third-order valence-corrected chi connectivity index (χ3v) is 2.43. The van der Waals surface area contributed by atoms with Crippen LogP contribution in [-0.4, -0.2) is 18.2 Å². The molecule has 1 aromatic rings. The summed E-state index contributed by atoms with van der Waals surface area (Å²) in [6.07, 6.45) is 0. The molecule has 4 nitrogen and oxygen atoms in total. The number of hydrogen-bond donors (Lipinski definition) is 2. The Bertz CT molecular complexity index is 437. The Hall–Kier alpha value is -1.51. The minimum atomic E-state index is -0.547. The number of thiol groups is 1. The van der Waals surface area contributed by atoms with E-state index in [9.17, 15) is 4.79 Å². The van der Waals surface area contributed by atoms with Gasteiger partial charge in [0.25, 0.3) is 0 Å². The van der Waals surface area contributed by atoms with Crippen molar-refractivity contribution in [1.29, 1.82) is 5.26 Å². The smallest absolute Gasteiger partial charge is 0.337 e. The van der Waals surface area contributed by atoms with Crippen molar-refractivity contribution in [3.8, 4) is 6.07 Å². The monoisotopic (exact) mass is 223 g/mol. The maximum absolute atomic E-state index is 11.2. The second-order valence-electron chi connectivity index (χ2n) is 2.79. The molecule has 0 fully saturated rings. The quantitative estimate of drug-likeness (QED) is 0.582. The molecule has 0 spiro atoms. The fourth-order valence-electron chi connectivity index (χ4n) is 1.14. The molecule has 0 amide bonds. The molecule has 0 saturated carbocycles. The molecule has 0 aliphatic carbocycles. The molecule has 78 valence electrons. The number of methoxy groups -OCH3 is 1. The molecule has 15 heavy (non-hydrogen) atoms. The van der Waals surface area contributed by atoms with E-state index in [2.05, 4.69) is 17.4 Å². The Balaban J connectivity index is 3.34. The molecule has 0 aromatic heterocycles. The maximum Gasteiger partial charge on any atom is 0.337 e. The van der Waals surface area contributed by atoms with Crippen LogP contribution >= 0.6 is 12.6 Å². The van der Waals surface area contributed by atoms with E-state index in [1.54, 1.807) is 0 Å². The Morgan fingerprint density at radius 1 is 1.67 bits per heavy atom. The largest absolute Gasteiger partial charge is 0.465 e. The summed E-state index contributed by atoms with van der Waals surface area (Å²) in [5.41, 5.74) is 0.902. The fourth-order valence-corrected chi connectivity index (χ4v) is 1.39. The van der Waals surface area contributed by atoms with Gasteiger partial charge < -0.3 is 9.84 Å². The number of ether oxygens (including phenoxy) is 1. The van der Waals surface area contributed by atoms with Crippen LogP contribution in [0.2, 0.25) is 0 Å². The van der Waals surface area contributed by atoms with Crippen LogP contribution in [0.25, 0.3) is 0 Å². The van der Waals surface area contributed by atoms with Crippen LogP contribution in [0.5, 0.6) is 0 Å². The highest BCUT2D eigenvalue weighted by molar-refractivity contribution is 7.80. The van der Waals surface area contributed by atoms with Crippen LogP contribution < -0.4 is 0 Å². The molecule has 0 saturated heterocycles. The Morgan fingerprint density at radius 3 is 2.80 bits per heavy atom. The van der Waals surface area contributed by atoms with Gasteiger partial charge in [0.2, 0.25) is 0 Å². The van der Waals surface area contributed by atoms with Gasteiger partial charge >= 0.3 is 5.97 Å². The van der Waals surface area contributed by atoms with Crippen LogP contribution in [0, 0.1) is 11.3 Å². The summed E-state index contributed by atoms with van der Waals surface area (Å²) in [6, 6.07) is 4.73. The third-order valence-electron chi connectivity index (χ3n) is 1.90. The average Bonchev–Trinajstić information content (AvgIpc) is 2.28. The Morgan fingerprint density at radius 2 is 2.33 bits per heavy atom. The number of carbonyl (C=O) groups is 1. The van der Waals surface area contributed by atoms with E-state index in [0.29, 0.717) is 10.5 Å². The Kier molecular flexibility index (Phi) is 3.72. The highest BCUT2D eigenvalue weighted by Gasteiger charge is 2.12. The molecule has 5 heteroatoms. The summed E-state index contributed by atoms with van der Waals surface area (Å²) >= 11 is 4.08. The van der Waals surface area contributed by atoms with Crippen LogP contribution in [0.3, 0.4) is 0 Å². The van der Waals surface area contributed by atoms with Crippen LogP contribution in [-0.2, 0) is 11.3 Å². The summed E-state index contributed by atoms with van der Waals surface area (Å²) in [5, 5.41) is 17.8. The number of nitriles is 1. The molecule has 0 heterocycles.